The van der Waals surface area contributed by atoms with E-state index in [4.69, 9.17) is 5.11 Å². The fourth-order valence-corrected chi connectivity index (χ4v) is 2.25. The van der Waals surface area contributed by atoms with E-state index < -0.39 is 6.16 Å². The second-order valence-electron chi connectivity index (χ2n) is 5.70. The SMILES string of the molecule is CCCCC/C=C\C/C=C\CCCCCCCCOC(=O)O. The molecule has 0 fully saturated rings. The maximum absolute atomic E-state index is 10.1. The monoisotopic (exact) mass is 310 g/mol. The molecule has 0 aliphatic rings. The van der Waals surface area contributed by atoms with Crippen LogP contribution in [0.15, 0.2) is 24.3 Å². The van der Waals surface area contributed by atoms with Crippen molar-refractivity contribution in [2.24, 2.45) is 0 Å². The van der Waals surface area contributed by atoms with Gasteiger partial charge < -0.3 is 9.84 Å². The van der Waals surface area contributed by atoms with Crippen LogP contribution in [0.3, 0.4) is 0 Å². The van der Waals surface area contributed by atoms with Gasteiger partial charge in [-0.2, -0.15) is 0 Å². The van der Waals surface area contributed by atoms with Crippen molar-refractivity contribution in [2.75, 3.05) is 6.61 Å². The molecule has 0 aromatic rings. The van der Waals surface area contributed by atoms with E-state index >= 15 is 0 Å². The summed E-state index contributed by atoms with van der Waals surface area (Å²) in [5.74, 6) is 0. The Kier molecular flexibility index (Phi) is 16.8. The van der Waals surface area contributed by atoms with Crippen molar-refractivity contribution in [3.05, 3.63) is 24.3 Å². The minimum Gasteiger partial charge on any atom is -0.450 e. The van der Waals surface area contributed by atoms with E-state index in [0.717, 1.165) is 19.3 Å². The number of hydrogen-bond acceptors (Lipinski definition) is 2. The van der Waals surface area contributed by atoms with E-state index in [1.807, 2.05) is 0 Å². The summed E-state index contributed by atoms with van der Waals surface area (Å²) in [7, 11) is 0. The minimum atomic E-state index is -1.16. The smallest absolute Gasteiger partial charge is 0.450 e. The summed E-state index contributed by atoms with van der Waals surface area (Å²) in [5.41, 5.74) is 0. The van der Waals surface area contributed by atoms with Gasteiger partial charge in [-0.05, 0) is 38.5 Å². The van der Waals surface area contributed by atoms with Crippen molar-refractivity contribution >= 4 is 6.16 Å². The Morgan fingerprint density at radius 3 is 1.95 bits per heavy atom. The van der Waals surface area contributed by atoms with Crippen molar-refractivity contribution in [1.82, 2.24) is 0 Å². The molecule has 0 bridgehead atoms. The highest BCUT2D eigenvalue weighted by Gasteiger charge is 1.95. The van der Waals surface area contributed by atoms with Crippen LogP contribution in [0, 0.1) is 0 Å². The zero-order valence-electron chi connectivity index (χ0n) is 14.3. The predicted molar refractivity (Wildman–Crippen MR) is 93.3 cm³/mol. The minimum absolute atomic E-state index is 0.337. The quantitative estimate of drug-likeness (QED) is 0.213. The van der Waals surface area contributed by atoms with Crippen LogP contribution in [-0.4, -0.2) is 17.9 Å². The van der Waals surface area contributed by atoms with E-state index in [9.17, 15) is 4.79 Å². The Hall–Kier alpha value is -1.25. The first kappa shape index (κ1) is 20.8. The maximum Gasteiger partial charge on any atom is 0.505 e. The highest BCUT2D eigenvalue weighted by Crippen LogP contribution is 2.08. The number of carbonyl (C=O) groups is 1. The van der Waals surface area contributed by atoms with Crippen LogP contribution in [0.4, 0.5) is 4.79 Å². The Balaban J connectivity index is 3.15. The summed E-state index contributed by atoms with van der Waals surface area (Å²) in [4.78, 5) is 10.1. The Morgan fingerprint density at radius 1 is 0.818 bits per heavy atom. The van der Waals surface area contributed by atoms with Crippen molar-refractivity contribution < 1.29 is 14.6 Å². The molecular formula is C19H34O3. The van der Waals surface area contributed by atoms with Crippen LogP contribution in [0.1, 0.15) is 84.0 Å². The van der Waals surface area contributed by atoms with Crippen molar-refractivity contribution in [2.45, 2.75) is 84.0 Å². The highest BCUT2D eigenvalue weighted by atomic mass is 16.7. The van der Waals surface area contributed by atoms with Gasteiger partial charge in [-0.25, -0.2) is 4.79 Å². The van der Waals surface area contributed by atoms with Gasteiger partial charge in [-0.15, -0.1) is 0 Å². The Bertz CT molecular complexity index is 295. The molecule has 0 amide bonds. The van der Waals surface area contributed by atoms with Gasteiger partial charge in [-0.3, -0.25) is 0 Å². The van der Waals surface area contributed by atoms with Gasteiger partial charge in [0.05, 0.1) is 6.61 Å². The first-order valence-electron chi connectivity index (χ1n) is 8.93. The lowest BCUT2D eigenvalue weighted by atomic mass is 10.1. The van der Waals surface area contributed by atoms with Gasteiger partial charge in [0.1, 0.15) is 0 Å². The zero-order chi connectivity index (χ0) is 16.3. The van der Waals surface area contributed by atoms with Crippen LogP contribution >= 0.6 is 0 Å². The number of unbranched alkanes of at least 4 members (excludes halogenated alkanes) is 9. The average Bonchev–Trinajstić information content (AvgIpc) is 2.50. The summed E-state index contributed by atoms with van der Waals surface area (Å²) in [6.45, 7) is 2.57. The second-order valence-corrected chi connectivity index (χ2v) is 5.70. The molecule has 0 spiro atoms. The average molecular weight is 310 g/mol. The summed E-state index contributed by atoms with van der Waals surface area (Å²) in [6, 6.07) is 0. The first-order valence-corrected chi connectivity index (χ1v) is 8.93. The summed E-state index contributed by atoms with van der Waals surface area (Å²) >= 11 is 0. The molecule has 22 heavy (non-hydrogen) atoms. The van der Waals surface area contributed by atoms with Crippen LogP contribution in [-0.2, 0) is 4.74 Å². The van der Waals surface area contributed by atoms with Crippen molar-refractivity contribution in [3.8, 4) is 0 Å². The molecule has 0 radical (unpaired) electrons. The Labute approximate surface area is 136 Å². The molecule has 0 aromatic carbocycles. The second kappa shape index (κ2) is 17.8. The molecule has 0 aliphatic heterocycles. The van der Waals surface area contributed by atoms with Crippen LogP contribution in [0.2, 0.25) is 0 Å². The molecule has 3 heteroatoms. The largest absolute Gasteiger partial charge is 0.505 e. The first-order chi connectivity index (χ1) is 10.8. The maximum atomic E-state index is 10.1. The fraction of sp³-hybridized carbons (Fsp3) is 0.737. The number of carboxylic acid groups (broad SMARTS) is 1. The van der Waals surface area contributed by atoms with E-state index in [1.54, 1.807) is 0 Å². The molecule has 1 N–H and O–H groups in total. The third-order valence-electron chi connectivity index (χ3n) is 3.57. The lowest BCUT2D eigenvalue weighted by molar-refractivity contribution is 0.0899. The molecular weight excluding hydrogens is 276 g/mol. The van der Waals surface area contributed by atoms with Gasteiger partial charge in [0.15, 0.2) is 0 Å². The van der Waals surface area contributed by atoms with Crippen LogP contribution in [0.5, 0.6) is 0 Å². The van der Waals surface area contributed by atoms with Crippen molar-refractivity contribution in [3.63, 3.8) is 0 Å². The zero-order valence-corrected chi connectivity index (χ0v) is 14.3. The van der Waals surface area contributed by atoms with Gasteiger partial charge in [-0.1, -0.05) is 69.8 Å². The highest BCUT2D eigenvalue weighted by molar-refractivity contribution is 5.56. The number of rotatable bonds is 15. The van der Waals surface area contributed by atoms with Crippen LogP contribution in [0.25, 0.3) is 0 Å². The predicted octanol–water partition coefficient (Wildman–Crippen LogP) is 6.49. The van der Waals surface area contributed by atoms with Crippen molar-refractivity contribution in [1.29, 1.82) is 0 Å². The van der Waals surface area contributed by atoms with Crippen LogP contribution < -0.4 is 0 Å². The Morgan fingerprint density at radius 2 is 1.36 bits per heavy atom. The molecule has 0 saturated carbocycles. The summed E-state index contributed by atoms with van der Waals surface area (Å²) < 4.78 is 4.46. The van der Waals surface area contributed by atoms with Gasteiger partial charge in [0.25, 0.3) is 0 Å². The third-order valence-corrected chi connectivity index (χ3v) is 3.57. The topological polar surface area (TPSA) is 46.5 Å². The lowest BCUT2D eigenvalue weighted by Gasteiger charge is -2.01. The van der Waals surface area contributed by atoms with E-state index in [-0.39, 0.29) is 0 Å². The molecule has 128 valence electrons. The molecule has 0 aromatic heterocycles. The lowest BCUT2D eigenvalue weighted by Crippen LogP contribution is -2.01. The summed E-state index contributed by atoms with van der Waals surface area (Å²) in [6.07, 6.45) is 22.2. The molecule has 0 aliphatic carbocycles. The number of hydrogen-bond donors (Lipinski definition) is 1. The van der Waals surface area contributed by atoms with E-state index in [1.165, 1.54) is 57.8 Å². The van der Waals surface area contributed by atoms with Gasteiger partial charge in [0, 0.05) is 0 Å². The summed E-state index contributed by atoms with van der Waals surface area (Å²) in [5, 5.41) is 8.31. The van der Waals surface area contributed by atoms with Gasteiger partial charge >= 0.3 is 6.16 Å². The normalized spacial score (nSPS) is 11.5. The third kappa shape index (κ3) is 18.8. The fourth-order valence-electron chi connectivity index (χ4n) is 2.25. The molecule has 0 heterocycles. The molecule has 0 rings (SSSR count). The molecule has 3 nitrogen and oxygen atoms in total. The molecule has 0 saturated heterocycles. The number of allylic oxidation sites excluding steroid dienone is 4. The number of ether oxygens (including phenoxy) is 1. The standard InChI is InChI=1S/C19H34O3/c1-2-3-4-5-6-7-8-9-10-11-12-13-14-15-16-17-18-22-19(20)21/h6-7,9-10H,2-5,8,11-18H2,1H3,(H,20,21)/b7-6-,10-9-. The van der Waals surface area contributed by atoms with Gasteiger partial charge in [0.2, 0.25) is 0 Å². The van der Waals surface area contributed by atoms with E-state index in [2.05, 4.69) is 36.0 Å². The molecule has 0 atom stereocenters. The van der Waals surface area contributed by atoms with E-state index in [0.29, 0.717) is 6.61 Å². The molecule has 0 unspecified atom stereocenters.